The van der Waals surface area contributed by atoms with E-state index in [1.807, 2.05) is 103 Å². The van der Waals surface area contributed by atoms with E-state index in [4.69, 9.17) is 19.9 Å². The van der Waals surface area contributed by atoms with Crippen LogP contribution in [-0.4, -0.2) is 19.9 Å². The minimum Gasteiger partial charge on any atom is -0.228 e. The molecule has 60 heavy (non-hydrogen) atoms. The van der Waals surface area contributed by atoms with Gasteiger partial charge in [0, 0.05) is 33.2 Å². The molecule has 2 heterocycles. The van der Waals surface area contributed by atoms with Crippen molar-refractivity contribution in [2.75, 3.05) is 0 Å². The lowest BCUT2D eigenvalue weighted by molar-refractivity contribution is 1.18. The van der Waals surface area contributed by atoms with Crippen LogP contribution in [-0.2, 0) is 0 Å². The average molecular weight is 766 g/mol. The fourth-order valence-corrected chi connectivity index (χ4v) is 7.86. The molecule has 0 bridgehead atoms. The number of nitrogens with zero attached hydrogens (tertiary/aromatic N) is 5. The third-order valence-electron chi connectivity index (χ3n) is 10.8. The number of fused-ring (bicyclic) bond motifs is 1. The summed E-state index contributed by atoms with van der Waals surface area (Å²) in [4.78, 5) is 20.5. The highest BCUT2D eigenvalue weighted by Crippen LogP contribution is 2.40. The normalized spacial score (nSPS) is 11.0. The van der Waals surface area contributed by atoms with E-state index in [1.54, 1.807) is 0 Å². The summed E-state index contributed by atoms with van der Waals surface area (Å²) in [5.74, 6) is 1.32. The molecule has 10 rings (SSSR count). The van der Waals surface area contributed by atoms with Gasteiger partial charge in [-0.1, -0.05) is 188 Å². The molecule has 0 aliphatic heterocycles. The van der Waals surface area contributed by atoms with Gasteiger partial charge in [0.25, 0.3) is 0 Å². The third kappa shape index (κ3) is 7.00. The first-order valence-corrected chi connectivity index (χ1v) is 19.9. The second-order valence-electron chi connectivity index (χ2n) is 14.5. The van der Waals surface area contributed by atoms with Crippen LogP contribution in [0.5, 0.6) is 0 Å². The summed E-state index contributed by atoms with van der Waals surface area (Å²) in [6, 6.07) is 74.4. The van der Waals surface area contributed by atoms with Gasteiger partial charge in [-0.3, -0.25) is 0 Å². The molecular weight excluding hydrogens is 731 g/mol. The van der Waals surface area contributed by atoms with Gasteiger partial charge in [-0.25, -0.2) is 19.9 Å². The maximum absolute atomic E-state index is 9.86. The third-order valence-corrected chi connectivity index (χ3v) is 10.8. The number of para-hydroxylation sites is 1. The quantitative estimate of drug-likeness (QED) is 0.154. The zero-order valence-corrected chi connectivity index (χ0v) is 32.4. The lowest BCUT2D eigenvalue weighted by Gasteiger charge is -2.16. The van der Waals surface area contributed by atoms with E-state index in [0.29, 0.717) is 17.2 Å². The monoisotopic (exact) mass is 765 g/mol. The summed E-state index contributed by atoms with van der Waals surface area (Å²) in [5.41, 5.74) is 15.1. The molecule has 5 heteroatoms. The van der Waals surface area contributed by atoms with Crippen molar-refractivity contribution in [2.24, 2.45) is 0 Å². The number of benzene rings is 8. The van der Waals surface area contributed by atoms with Crippen LogP contribution in [0.4, 0.5) is 0 Å². The Balaban J connectivity index is 1.06. The smallest absolute Gasteiger partial charge is 0.160 e. The summed E-state index contributed by atoms with van der Waals surface area (Å²) in [6.45, 7) is 0. The second-order valence-corrected chi connectivity index (χ2v) is 14.5. The summed E-state index contributed by atoms with van der Waals surface area (Å²) in [7, 11) is 0. The van der Waals surface area contributed by atoms with E-state index in [1.165, 1.54) is 0 Å². The number of hydrogen-bond donors (Lipinski definition) is 0. The van der Waals surface area contributed by atoms with E-state index in [-0.39, 0.29) is 0 Å². The van der Waals surface area contributed by atoms with Crippen LogP contribution in [0.15, 0.2) is 212 Å². The van der Waals surface area contributed by atoms with Crippen LogP contribution < -0.4 is 0 Å². The minimum atomic E-state index is 0.629. The van der Waals surface area contributed by atoms with Crippen molar-refractivity contribution in [3.8, 4) is 96.0 Å². The number of aromatic nitrogens is 4. The molecule has 0 atom stereocenters. The van der Waals surface area contributed by atoms with Crippen molar-refractivity contribution in [3.63, 3.8) is 0 Å². The predicted octanol–water partition coefficient (Wildman–Crippen LogP) is 13.6. The Kier molecular flexibility index (Phi) is 9.55. The largest absolute Gasteiger partial charge is 0.228 e. The van der Waals surface area contributed by atoms with E-state index < -0.39 is 0 Å². The molecule has 10 aromatic rings. The molecule has 0 saturated carbocycles. The Labute approximate surface area is 348 Å². The van der Waals surface area contributed by atoms with Gasteiger partial charge >= 0.3 is 0 Å². The Morgan fingerprint density at radius 2 is 0.833 bits per heavy atom. The van der Waals surface area contributed by atoms with E-state index >= 15 is 0 Å². The second kappa shape index (κ2) is 15.9. The molecule has 0 spiro atoms. The molecule has 0 amide bonds. The topological polar surface area (TPSA) is 75.3 Å². The van der Waals surface area contributed by atoms with Crippen LogP contribution >= 0.6 is 0 Å². The summed E-state index contributed by atoms with van der Waals surface area (Å²) in [6.07, 6.45) is 0. The highest BCUT2D eigenvalue weighted by Gasteiger charge is 2.18. The number of nitriles is 1. The van der Waals surface area contributed by atoms with Crippen LogP contribution in [0.1, 0.15) is 5.56 Å². The summed E-state index contributed by atoms with van der Waals surface area (Å²) < 4.78 is 0. The molecule has 0 radical (unpaired) electrons. The van der Waals surface area contributed by atoms with Crippen molar-refractivity contribution in [2.45, 2.75) is 0 Å². The Hall–Kier alpha value is -8.33. The Bertz CT molecular complexity index is 3210. The highest BCUT2D eigenvalue weighted by molar-refractivity contribution is 5.95. The SMILES string of the molecule is N#Cc1ccccc1-c1cccc(-c2cc(-c3ccccc3-c3ccccc3-c3ccc(-c4nc(-c5ccccc5)c5ccccc5n4)cc3)nc(-c3ccccc3)n2)c1. The molecule has 8 aromatic carbocycles. The standard InChI is InChI=1S/C55H35N5/c56-36-43-20-7-8-23-44(43)41-21-15-22-42(34-41)51-35-52(59-54(58-51)39-18-5-2-6-19-39)48-27-12-11-26-47(48)46-25-10-9-24-45(46)37-30-32-40(33-31-37)55-57-50-29-14-13-28-49(50)53(60-55)38-16-3-1-4-17-38/h1-35H. The zero-order valence-electron chi connectivity index (χ0n) is 32.4. The maximum Gasteiger partial charge on any atom is 0.160 e. The first kappa shape index (κ1) is 36.0. The lowest BCUT2D eigenvalue weighted by atomic mass is 9.90. The Morgan fingerprint density at radius 3 is 1.58 bits per heavy atom. The fraction of sp³-hybridized carbons (Fsp3) is 0. The molecule has 0 fully saturated rings. The van der Waals surface area contributed by atoms with E-state index in [9.17, 15) is 5.26 Å². The van der Waals surface area contributed by atoms with Crippen LogP contribution in [0.25, 0.3) is 101 Å². The zero-order chi connectivity index (χ0) is 40.3. The van der Waals surface area contributed by atoms with Gasteiger partial charge in [-0.2, -0.15) is 5.26 Å². The predicted molar refractivity (Wildman–Crippen MR) is 243 cm³/mol. The minimum absolute atomic E-state index is 0.629. The molecule has 0 aliphatic rings. The first-order valence-electron chi connectivity index (χ1n) is 19.9. The average Bonchev–Trinajstić information content (AvgIpc) is 3.34. The first-order chi connectivity index (χ1) is 29.7. The number of rotatable bonds is 8. The molecule has 0 aliphatic carbocycles. The molecule has 0 unspecified atom stereocenters. The molecule has 2 aromatic heterocycles. The van der Waals surface area contributed by atoms with Crippen LogP contribution in [0.3, 0.4) is 0 Å². The summed E-state index contributed by atoms with van der Waals surface area (Å²) >= 11 is 0. The molecule has 0 saturated heterocycles. The highest BCUT2D eigenvalue weighted by atomic mass is 14.9. The molecular formula is C55H35N5. The molecule has 0 N–H and O–H groups in total. The van der Waals surface area contributed by atoms with Crippen LogP contribution in [0.2, 0.25) is 0 Å². The van der Waals surface area contributed by atoms with E-state index in [2.05, 4.69) is 115 Å². The summed E-state index contributed by atoms with van der Waals surface area (Å²) in [5, 5.41) is 10.9. The maximum atomic E-state index is 9.86. The molecule has 5 nitrogen and oxygen atoms in total. The van der Waals surface area contributed by atoms with Gasteiger partial charge in [0.1, 0.15) is 0 Å². The van der Waals surface area contributed by atoms with Gasteiger partial charge in [0.05, 0.1) is 34.2 Å². The Morgan fingerprint density at radius 1 is 0.317 bits per heavy atom. The van der Waals surface area contributed by atoms with Gasteiger partial charge in [-0.15, -0.1) is 0 Å². The molecule has 280 valence electrons. The fourth-order valence-electron chi connectivity index (χ4n) is 7.86. The van der Waals surface area contributed by atoms with Crippen LogP contribution in [0, 0.1) is 11.3 Å². The van der Waals surface area contributed by atoms with Gasteiger partial charge in [0.15, 0.2) is 11.6 Å². The van der Waals surface area contributed by atoms with Crippen molar-refractivity contribution in [3.05, 3.63) is 218 Å². The van der Waals surface area contributed by atoms with Crippen molar-refractivity contribution in [1.29, 1.82) is 5.26 Å². The van der Waals surface area contributed by atoms with Crippen molar-refractivity contribution >= 4 is 10.9 Å². The van der Waals surface area contributed by atoms with Crippen molar-refractivity contribution in [1.82, 2.24) is 19.9 Å². The van der Waals surface area contributed by atoms with Crippen molar-refractivity contribution < 1.29 is 0 Å². The lowest BCUT2D eigenvalue weighted by Crippen LogP contribution is -1.98. The number of hydrogen-bond acceptors (Lipinski definition) is 5. The van der Waals surface area contributed by atoms with E-state index in [0.717, 1.165) is 89.2 Å². The van der Waals surface area contributed by atoms with Gasteiger partial charge < -0.3 is 0 Å². The van der Waals surface area contributed by atoms with Gasteiger partial charge in [-0.05, 0) is 57.6 Å². The van der Waals surface area contributed by atoms with Gasteiger partial charge in [0.2, 0.25) is 0 Å².